The third-order valence-electron chi connectivity index (χ3n) is 3.77. The maximum atomic E-state index is 12.1. The fraction of sp³-hybridized carbons (Fsp3) is 0.333. The van der Waals surface area contributed by atoms with Crippen molar-refractivity contribution in [1.82, 2.24) is 10.3 Å². The summed E-state index contributed by atoms with van der Waals surface area (Å²) in [7, 11) is 0. The fourth-order valence-electron chi connectivity index (χ4n) is 2.41. The Kier molecular flexibility index (Phi) is 6.14. The number of rotatable bonds is 9. The topological polar surface area (TPSA) is 91.4 Å². The summed E-state index contributed by atoms with van der Waals surface area (Å²) in [4.78, 5) is 26.7. The Morgan fingerprint density at radius 1 is 1.42 bits per heavy atom. The minimum absolute atomic E-state index is 0.199. The molecule has 2 atom stereocenters. The lowest BCUT2D eigenvalue weighted by Gasteiger charge is -2.18. The van der Waals surface area contributed by atoms with Gasteiger partial charge in [0.2, 0.25) is 5.91 Å². The lowest BCUT2D eigenvalue weighted by Crippen LogP contribution is -2.46. The number of aromatic amines is 1. The van der Waals surface area contributed by atoms with Crippen LogP contribution in [0.15, 0.2) is 43.1 Å². The van der Waals surface area contributed by atoms with Gasteiger partial charge in [-0.3, -0.25) is 4.79 Å². The molecule has 1 aromatic heterocycles. The Balaban J connectivity index is 2.03. The number of carboxylic acid groups (broad SMARTS) is 1. The van der Waals surface area contributed by atoms with Gasteiger partial charge in [0.15, 0.2) is 0 Å². The van der Waals surface area contributed by atoms with E-state index in [0.29, 0.717) is 13.0 Å². The van der Waals surface area contributed by atoms with Gasteiger partial charge in [-0.1, -0.05) is 24.3 Å². The van der Waals surface area contributed by atoms with E-state index in [0.717, 1.165) is 16.5 Å². The van der Waals surface area contributed by atoms with E-state index in [4.69, 9.17) is 4.74 Å². The van der Waals surface area contributed by atoms with Crippen molar-refractivity contribution in [2.75, 3.05) is 6.61 Å². The summed E-state index contributed by atoms with van der Waals surface area (Å²) in [6.45, 7) is 5.55. The standard InChI is InChI=1S/C18H22N2O4/c1-3-4-9-24-12(2)17(21)20-16(18(22)23)10-13-11-19-15-8-6-5-7-14(13)15/h3,5-8,11-12,16,19H,1,4,9-10H2,2H3,(H,20,21)(H,22,23). The minimum Gasteiger partial charge on any atom is -0.480 e. The van der Waals surface area contributed by atoms with E-state index in [1.807, 2.05) is 24.3 Å². The summed E-state index contributed by atoms with van der Waals surface area (Å²) in [5, 5.41) is 12.9. The highest BCUT2D eigenvalue weighted by atomic mass is 16.5. The number of benzene rings is 1. The molecule has 2 rings (SSSR count). The summed E-state index contributed by atoms with van der Waals surface area (Å²) in [6.07, 6.45) is 3.59. The predicted octanol–water partition coefficient (Wildman–Crippen LogP) is 2.26. The van der Waals surface area contributed by atoms with E-state index < -0.39 is 24.0 Å². The van der Waals surface area contributed by atoms with E-state index in [-0.39, 0.29) is 6.42 Å². The van der Waals surface area contributed by atoms with E-state index in [1.165, 1.54) is 0 Å². The van der Waals surface area contributed by atoms with Gasteiger partial charge in [0.05, 0.1) is 6.61 Å². The highest BCUT2D eigenvalue weighted by molar-refractivity contribution is 5.88. The molecule has 0 saturated heterocycles. The van der Waals surface area contributed by atoms with Gasteiger partial charge in [0.25, 0.3) is 0 Å². The molecule has 128 valence electrons. The number of para-hydroxylation sites is 1. The van der Waals surface area contributed by atoms with Crippen molar-refractivity contribution in [3.8, 4) is 0 Å². The molecule has 2 aromatic rings. The van der Waals surface area contributed by atoms with Crippen molar-refractivity contribution in [2.45, 2.75) is 31.9 Å². The van der Waals surface area contributed by atoms with Crippen LogP contribution < -0.4 is 5.32 Å². The zero-order valence-electron chi connectivity index (χ0n) is 13.6. The Bertz CT molecular complexity index is 723. The first-order valence-electron chi connectivity index (χ1n) is 7.83. The van der Waals surface area contributed by atoms with Crippen molar-refractivity contribution < 1.29 is 19.4 Å². The Morgan fingerprint density at radius 3 is 2.88 bits per heavy atom. The summed E-state index contributed by atoms with van der Waals surface area (Å²) in [5.41, 5.74) is 1.78. The van der Waals surface area contributed by atoms with Gasteiger partial charge < -0.3 is 20.1 Å². The number of fused-ring (bicyclic) bond motifs is 1. The second kappa shape index (κ2) is 8.31. The Labute approximate surface area is 140 Å². The van der Waals surface area contributed by atoms with Crippen molar-refractivity contribution >= 4 is 22.8 Å². The lowest BCUT2D eigenvalue weighted by atomic mass is 10.0. The molecule has 1 aromatic carbocycles. The summed E-state index contributed by atoms with van der Waals surface area (Å²) in [6, 6.07) is 6.62. The van der Waals surface area contributed by atoms with Gasteiger partial charge in [0.1, 0.15) is 12.1 Å². The molecule has 1 amide bonds. The molecule has 0 bridgehead atoms. The van der Waals surface area contributed by atoms with Gasteiger partial charge in [-0.15, -0.1) is 6.58 Å². The van der Waals surface area contributed by atoms with Crippen molar-refractivity contribution in [3.05, 3.63) is 48.7 Å². The molecule has 6 heteroatoms. The zero-order valence-corrected chi connectivity index (χ0v) is 13.6. The van der Waals surface area contributed by atoms with Crippen LogP contribution in [0.3, 0.4) is 0 Å². The predicted molar refractivity (Wildman–Crippen MR) is 91.8 cm³/mol. The molecule has 0 aliphatic carbocycles. The third kappa shape index (κ3) is 4.45. The number of nitrogens with one attached hydrogen (secondary N) is 2. The molecule has 0 saturated carbocycles. The normalized spacial score (nSPS) is 13.4. The number of carbonyl (C=O) groups excluding carboxylic acids is 1. The molecule has 0 fully saturated rings. The van der Waals surface area contributed by atoms with Crippen molar-refractivity contribution in [2.24, 2.45) is 0 Å². The van der Waals surface area contributed by atoms with Gasteiger partial charge in [0, 0.05) is 23.5 Å². The van der Waals surface area contributed by atoms with E-state index in [2.05, 4.69) is 16.9 Å². The number of aliphatic carboxylic acids is 1. The highest BCUT2D eigenvalue weighted by Crippen LogP contribution is 2.19. The van der Waals surface area contributed by atoms with Gasteiger partial charge >= 0.3 is 5.97 Å². The molecule has 0 spiro atoms. The molecular weight excluding hydrogens is 308 g/mol. The average Bonchev–Trinajstić information content (AvgIpc) is 2.97. The van der Waals surface area contributed by atoms with E-state index in [9.17, 15) is 14.7 Å². The second-order valence-electron chi connectivity index (χ2n) is 5.55. The largest absolute Gasteiger partial charge is 0.480 e. The molecular formula is C18H22N2O4. The van der Waals surface area contributed by atoms with Crippen molar-refractivity contribution in [3.63, 3.8) is 0 Å². The van der Waals surface area contributed by atoms with Gasteiger partial charge in [-0.2, -0.15) is 0 Å². The lowest BCUT2D eigenvalue weighted by molar-refractivity contribution is -0.144. The van der Waals surface area contributed by atoms with Crippen LogP contribution in [-0.2, 0) is 20.7 Å². The maximum absolute atomic E-state index is 12.1. The molecule has 3 N–H and O–H groups in total. The molecule has 0 aliphatic heterocycles. The van der Waals surface area contributed by atoms with Crippen LogP contribution in [0.4, 0.5) is 0 Å². The minimum atomic E-state index is -1.08. The zero-order chi connectivity index (χ0) is 17.5. The van der Waals surface area contributed by atoms with Crippen LogP contribution in [0.5, 0.6) is 0 Å². The number of H-pyrrole nitrogens is 1. The van der Waals surface area contributed by atoms with Crippen LogP contribution in [-0.4, -0.2) is 40.7 Å². The van der Waals surface area contributed by atoms with Crippen LogP contribution in [0.2, 0.25) is 0 Å². The number of ether oxygens (including phenoxy) is 1. The summed E-state index contributed by atoms with van der Waals surface area (Å²) >= 11 is 0. The van der Waals surface area contributed by atoms with Crippen LogP contribution in [0.1, 0.15) is 18.9 Å². The fourth-order valence-corrected chi connectivity index (χ4v) is 2.41. The second-order valence-corrected chi connectivity index (χ2v) is 5.55. The smallest absolute Gasteiger partial charge is 0.326 e. The number of amides is 1. The Hall–Kier alpha value is -2.60. The molecule has 2 unspecified atom stereocenters. The first-order chi connectivity index (χ1) is 11.5. The number of carbonyl (C=O) groups is 2. The first kappa shape index (κ1) is 17.7. The number of aromatic nitrogens is 1. The van der Waals surface area contributed by atoms with Crippen LogP contribution in [0.25, 0.3) is 10.9 Å². The first-order valence-corrected chi connectivity index (χ1v) is 7.83. The third-order valence-corrected chi connectivity index (χ3v) is 3.77. The van der Waals surface area contributed by atoms with E-state index in [1.54, 1.807) is 19.2 Å². The quantitative estimate of drug-likeness (QED) is 0.486. The maximum Gasteiger partial charge on any atom is 0.326 e. The summed E-state index contributed by atoms with van der Waals surface area (Å²) in [5.74, 6) is -1.52. The van der Waals surface area contributed by atoms with Gasteiger partial charge in [-0.05, 0) is 25.0 Å². The van der Waals surface area contributed by atoms with E-state index >= 15 is 0 Å². The van der Waals surface area contributed by atoms with Gasteiger partial charge in [-0.25, -0.2) is 4.79 Å². The molecule has 1 heterocycles. The Morgan fingerprint density at radius 2 is 2.17 bits per heavy atom. The van der Waals surface area contributed by atoms with Crippen molar-refractivity contribution in [1.29, 1.82) is 0 Å². The number of carboxylic acids is 1. The molecule has 0 aliphatic rings. The monoisotopic (exact) mass is 330 g/mol. The average molecular weight is 330 g/mol. The summed E-state index contributed by atoms with van der Waals surface area (Å²) < 4.78 is 5.35. The molecule has 24 heavy (non-hydrogen) atoms. The number of hydrogen-bond acceptors (Lipinski definition) is 3. The van der Waals surface area contributed by atoms with Crippen LogP contribution >= 0.6 is 0 Å². The SMILES string of the molecule is C=CCCOC(C)C(=O)NC(Cc1c[nH]c2ccccc12)C(=O)O. The molecule has 0 radical (unpaired) electrons. The highest BCUT2D eigenvalue weighted by Gasteiger charge is 2.24. The number of hydrogen-bond donors (Lipinski definition) is 3. The van der Waals surface area contributed by atoms with Crippen LogP contribution in [0, 0.1) is 0 Å². The molecule has 6 nitrogen and oxygen atoms in total.